The van der Waals surface area contributed by atoms with Crippen LogP contribution in [0.25, 0.3) is 0 Å². The van der Waals surface area contributed by atoms with Gasteiger partial charge in [-0.3, -0.25) is 0 Å². The summed E-state index contributed by atoms with van der Waals surface area (Å²) in [6, 6.07) is 4.58. The Hall–Kier alpha value is -1.20. The van der Waals surface area contributed by atoms with Crippen molar-refractivity contribution in [2.75, 3.05) is 26.9 Å². The van der Waals surface area contributed by atoms with Crippen molar-refractivity contribution >= 4 is 0 Å². The molecule has 0 amide bonds. The third kappa shape index (κ3) is 4.15. The highest BCUT2D eigenvalue weighted by atomic mass is 19.1. The standard InChI is InChI=1S/C15H21F2NO2/c1-15(17,9-12-10-20-6-5-18-12)8-11-3-4-14(19-2)13(16)7-11/h3-4,7,12,18H,5-6,8-10H2,1-2H3. The van der Waals surface area contributed by atoms with Gasteiger partial charge in [0.15, 0.2) is 11.6 Å². The molecular formula is C15H21F2NO2. The molecule has 1 aliphatic heterocycles. The summed E-state index contributed by atoms with van der Waals surface area (Å²) in [5.74, 6) is -0.281. The normalized spacial score (nSPS) is 22.3. The highest BCUT2D eigenvalue weighted by Gasteiger charge is 2.29. The second-order valence-electron chi connectivity index (χ2n) is 5.49. The molecule has 0 radical (unpaired) electrons. The van der Waals surface area contributed by atoms with E-state index in [0.29, 0.717) is 25.2 Å². The quantitative estimate of drug-likeness (QED) is 0.901. The van der Waals surface area contributed by atoms with Crippen molar-refractivity contribution in [1.82, 2.24) is 5.32 Å². The van der Waals surface area contributed by atoms with Crippen molar-refractivity contribution in [3.63, 3.8) is 0 Å². The highest BCUT2D eigenvalue weighted by molar-refractivity contribution is 5.30. The van der Waals surface area contributed by atoms with Gasteiger partial charge in [-0.05, 0) is 31.0 Å². The number of ether oxygens (including phenoxy) is 2. The second kappa shape index (κ2) is 6.50. The molecule has 5 heteroatoms. The molecule has 0 aromatic heterocycles. The van der Waals surface area contributed by atoms with E-state index < -0.39 is 11.5 Å². The summed E-state index contributed by atoms with van der Waals surface area (Å²) in [6.07, 6.45) is 0.521. The first-order valence-corrected chi connectivity index (χ1v) is 6.83. The number of hydrogen-bond acceptors (Lipinski definition) is 3. The Balaban J connectivity index is 1.97. The van der Waals surface area contributed by atoms with Crippen LogP contribution in [0, 0.1) is 5.82 Å². The van der Waals surface area contributed by atoms with E-state index >= 15 is 0 Å². The molecule has 112 valence electrons. The Morgan fingerprint density at radius 3 is 2.90 bits per heavy atom. The minimum atomic E-state index is -1.40. The Bertz CT molecular complexity index is 445. The fourth-order valence-corrected chi connectivity index (χ4v) is 2.58. The summed E-state index contributed by atoms with van der Waals surface area (Å²) in [5.41, 5.74) is -0.774. The number of nitrogens with one attached hydrogen (secondary N) is 1. The Labute approximate surface area is 118 Å². The van der Waals surface area contributed by atoms with Gasteiger partial charge in [-0.1, -0.05) is 6.07 Å². The molecular weight excluding hydrogens is 264 g/mol. The number of morpholine rings is 1. The van der Waals surface area contributed by atoms with Gasteiger partial charge in [0.05, 0.1) is 20.3 Å². The number of hydrogen-bond donors (Lipinski definition) is 1. The molecule has 20 heavy (non-hydrogen) atoms. The van der Waals surface area contributed by atoms with Crippen molar-refractivity contribution < 1.29 is 18.3 Å². The van der Waals surface area contributed by atoms with Gasteiger partial charge in [-0.25, -0.2) is 8.78 Å². The van der Waals surface area contributed by atoms with Gasteiger partial charge in [0.2, 0.25) is 0 Å². The van der Waals surface area contributed by atoms with E-state index in [9.17, 15) is 8.78 Å². The molecule has 1 N–H and O–H groups in total. The van der Waals surface area contributed by atoms with Crippen LogP contribution in [0.5, 0.6) is 5.75 Å². The van der Waals surface area contributed by atoms with Crippen molar-refractivity contribution in [1.29, 1.82) is 0 Å². The maximum atomic E-state index is 14.6. The molecule has 1 aromatic rings. The van der Waals surface area contributed by atoms with E-state index in [2.05, 4.69) is 5.32 Å². The molecule has 1 fully saturated rings. The zero-order chi connectivity index (χ0) is 14.6. The van der Waals surface area contributed by atoms with Gasteiger partial charge < -0.3 is 14.8 Å². The molecule has 1 saturated heterocycles. The van der Waals surface area contributed by atoms with E-state index in [0.717, 1.165) is 6.54 Å². The summed E-state index contributed by atoms with van der Waals surface area (Å²) in [5, 5.41) is 3.23. The van der Waals surface area contributed by atoms with Gasteiger partial charge in [0.25, 0.3) is 0 Å². The number of methoxy groups -OCH3 is 1. The van der Waals surface area contributed by atoms with Gasteiger partial charge >= 0.3 is 0 Å². The SMILES string of the molecule is COc1ccc(CC(C)(F)CC2COCCN2)cc1F. The van der Waals surface area contributed by atoms with Crippen LogP contribution < -0.4 is 10.1 Å². The van der Waals surface area contributed by atoms with Crippen molar-refractivity contribution in [2.45, 2.75) is 31.5 Å². The summed E-state index contributed by atoms with van der Waals surface area (Å²) in [6.45, 7) is 3.49. The molecule has 3 nitrogen and oxygen atoms in total. The summed E-state index contributed by atoms with van der Waals surface area (Å²) < 4.78 is 38.4. The van der Waals surface area contributed by atoms with Gasteiger partial charge in [-0.2, -0.15) is 0 Å². The molecule has 0 saturated carbocycles. The maximum Gasteiger partial charge on any atom is 0.165 e. The average molecular weight is 285 g/mol. The molecule has 1 aromatic carbocycles. The van der Waals surface area contributed by atoms with Crippen molar-refractivity contribution in [3.05, 3.63) is 29.6 Å². The first-order valence-electron chi connectivity index (χ1n) is 6.83. The van der Waals surface area contributed by atoms with Crippen LogP contribution in [0.2, 0.25) is 0 Å². The lowest BCUT2D eigenvalue weighted by atomic mass is 9.91. The minimum absolute atomic E-state index is 0.0156. The Kier molecular flexibility index (Phi) is 4.94. The van der Waals surface area contributed by atoms with E-state index in [-0.39, 0.29) is 18.2 Å². The number of rotatable bonds is 5. The van der Waals surface area contributed by atoms with Crippen LogP contribution in [-0.2, 0) is 11.2 Å². The van der Waals surface area contributed by atoms with Crippen LogP contribution in [0.15, 0.2) is 18.2 Å². The first kappa shape index (κ1) is 15.2. The van der Waals surface area contributed by atoms with Gasteiger partial charge in [0, 0.05) is 19.0 Å². The zero-order valence-corrected chi connectivity index (χ0v) is 11.9. The van der Waals surface area contributed by atoms with Crippen LogP contribution in [-0.4, -0.2) is 38.6 Å². The number of benzene rings is 1. The molecule has 2 unspecified atom stereocenters. The number of alkyl halides is 1. The molecule has 0 bridgehead atoms. The van der Waals surface area contributed by atoms with E-state index in [4.69, 9.17) is 9.47 Å². The Morgan fingerprint density at radius 2 is 2.30 bits per heavy atom. The second-order valence-corrected chi connectivity index (χ2v) is 5.49. The molecule has 1 aliphatic rings. The molecule has 2 atom stereocenters. The first-order chi connectivity index (χ1) is 9.50. The summed E-state index contributed by atoms with van der Waals surface area (Å²) >= 11 is 0. The monoisotopic (exact) mass is 285 g/mol. The van der Waals surface area contributed by atoms with Crippen LogP contribution in [0.1, 0.15) is 18.9 Å². The van der Waals surface area contributed by atoms with Gasteiger partial charge in [0.1, 0.15) is 5.67 Å². The number of halogens is 2. The van der Waals surface area contributed by atoms with Crippen LogP contribution >= 0.6 is 0 Å². The van der Waals surface area contributed by atoms with Crippen molar-refractivity contribution in [3.8, 4) is 5.75 Å². The predicted molar refractivity (Wildman–Crippen MR) is 73.4 cm³/mol. The van der Waals surface area contributed by atoms with Gasteiger partial charge in [-0.15, -0.1) is 0 Å². The highest BCUT2D eigenvalue weighted by Crippen LogP contribution is 2.26. The summed E-state index contributed by atoms with van der Waals surface area (Å²) in [4.78, 5) is 0. The lowest BCUT2D eigenvalue weighted by Gasteiger charge is -2.30. The van der Waals surface area contributed by atoms with Crippen LogP contribution in [0.3, 0.4) is 0 Å². The third-order valence-corrected chi connectivity index (χ3v) is 3.46. The third-order valence-electron chi connectivity index (χ3n) is 3.46. The van der Waals surface area contributed by atoms with Crippen molar-refractivity contribution in [2.24, 2.45) is 0 Å². The average Bonchev–Trinajstić information content (AvgIpc) is 2.39. The van der Waals surface area contributed by atoms with E-state index in [1.807, 2.05) is 0 Å². The topological polar surface area (TPSA) is 30.5 Å². The lowest BCUT2D eigenvalue weighted by molar-refractivity contribution is 0.0483. The maximum absolute atomic E-state index is 14.6. The molecule has 0 spiro atoms. The van der Waals surface area contributed by atoms with Crippen LogP contribution in [0.4, 0.5) is 8.78 Å². The zero-order valence-electron chi connectivity index (χ0n) is 11.9. The largest absolute Gasteiger partial charge is 0.494 e. The van der Waals surface area contributed by atoms with E-state index in [1.165, 1.54) is 19.2 Å². The Morgan fingerprint density at radius 1 is 1.50 bits per heavy atom. The fourth-order valence-electron chi connectivity index (χ4n) is 2.58. The smallest absolute Gasteiger partial charge is 0.165 e. The molecule has 2 rings (SSSR count). The predicted octanol–water partition coefficient (Wildman–Crippen LogP) is 2.48. The minimum Gasteiger partial charge on any atom is -0.494 e. The van der Waals surface area contributed by atoms with E-state index in [1.54, 1.807) is 13.0 Å². The molecule has 1 heterocycles. The summed E-state index contributed by atoms with van der Waals surface area (Å²) in [7, 11) is 1.41. The molecule has 0 aliphatic carbocycles. The fraction of sp³-hybridized carbons (Fsp3) is 0.600. The lowest BCUT2D eigenvalue weighted by Crippen LogP contribution is -2.45.